The number of nitrogens with zero attached hydrogens (tertiary/aromatic N) is 3. The fourth-order valence-corrected chi connectivity index (χ4v) is 2.61. The molecular weight excluding hydrogens is 328 g/mol. The maximum Gasteiger partial charge on any atom is 0.248 e. The zero-order valence-electron chi connectivity index (χ0n) is 13.7. The first-order valence-electron chi connectivity index (χ1n) is 7.99. The van der Waals surface area contributed by atoms with E-state index in [1.54, 1.807) is 24.4 Å². The summed E-state index contributed by atoms with van der Waals surface area (Å²) < 4.78 is 5.14. The zero-order valence-corrected chi connectivity index (χ0v) is 13.7. The molecule has 6 heteroatoms. The van der Waals surface area contributed by atoms with E-state index in [-0.39, 0.29) is 5.91 Å². The number of nitrogens with one attached hydrogen (secondary N) is 1. The summed E-state index contributed by atoms with van der Waals surface area (Å²) in [5.74, 6) is 0.226. The topological polar surface area (TPSA) is 80.9 Å². The lowest BCUT2D eigenvalue weighted by atomic mass is 10.1. The Bertz CT molecular complexity index is 1070. The number of carbonyl (C=O) groups excluding carboxylic acids is 1. The van der Waals surface area contributed by atoms with Crippen molar-refractivity contribution in [2.24, 2.45) is 0 Å². The highest BCUT2D eigenvalue weighted by atomic mass is 16.4. The molecule has 2 heterocycles. The lowest BCUT2D eigenvalue weighted by molar-refractivity contribution is -0.111. The molecule has 4 rings (SSSR count). The second-order valence-corrected chi connectivity index (χ2v) is 5.56. The van der Waals surface area contributed by atoms with Crippen LogP contribution in [0.2, 0.25) is 0 Å². The van der Waals surface area contributed by atoms with Gasteiger partial charge in [0.15, 0.2) is 0 Å². The molecular formula is C20H14N4O2. The highest BCUT2D eigenvalue weighted by molar-refractivity contribution is 6.03. The molecule has 126 valence electrons. The lowest BCUT2D eigenvalue weighted by Gasteiger charge is -2.03. The largest absolute Gasteiger partial charge is 0.423 e. The summed E-state index contributed by atoms with van der Waals surface area (Å²) in [7, 11) is 0. The van der Waals surface area contributed by atoms with E-state index in [2.05, 4.69) is 20.5 Å². The number of para-hydroxylation sites is 1. The monoisotopic (exact) mass is 342 g/mol. The van der Waals surface area contributed by atoms with Crippen molar-refractivity contribution in [1.29, 1.82) is 0 Å². The summed E-state index contributed by atoms with van der Waals surface area (Å²) in [4.78, 5) is 16.5. The number of rotatable bonds is 4. The van der Waals surface area contributed by atoms with E-state index in [0.717, 1.165) is 22.0 Å². The van der Waals surface area contributed by atoms with Crippen LogP contribution in [0.4, 0.5) is 5.69 Å². The summed E-state index contributed by atoms with van der Waals surface area (Å²) in [5, 5.41) is 11.3. The molecule has 0 saturated heterocycles. The molecule has 2 aromatic carbocycles. The second kappa shape index (κ2) is 6.98. The lowest BCUT2D eigenvalue weighted by Crippen LogP contribution is -2.07. The van der Waals surface area contributed by atoms with Crippen LogP contribution in [0.1, 0.15) is 5.56 Å². The Labute approximate surface area is 149 Å². The Morgan fingerprint density at radius 2 is 1.88 bits per heavy atom. The Hall–Kier alpha value is -3.80. The van der Waals surface area contributed by atoms with E-state index in [0.29, 0.717) is 11.6 Å². The highest BCUT2D eigenvalue weighted by Crippen LogP contribution is 2.19. The van der Waals surface area contributed by atoms with Crippen molar-refractivity contribution < 1.29 is 9.21 Å². The number of fused-ring (bicyclic) bond motifs is 1. The van der Waals surface area contributed by atoms with Gasteiger partial charge >= 0.3 is 0 Å². The minimum atomic E-state index is -0.212. The first-order chi connectivity index (χ1) is 12.8. The maximum absolute atomic E-state index is 12.2. The average molecular weight is 342 g/mol. The van der Waals surface area contributed by atoms with Gasteiger partial charge in [-0.3, -0.25) is 9.78 Å². The molecule has 0 aliphatic rings. The summed E-state index contributed by atoms with van der Waals surface area (Å²) in [6.07, 6.45) is 6.30. The zero-order chi connectivity index (χ0) is 17.8. The van der Waals surface area contributed by atoms with Crippen molar-refractivity contribution >= 4 is 28.6 Å². The Kier molecular flexibility index (Phi) is 4.22. The van der Waals surface area contributed by atoms with Crippen molar-refractivity contribution in [2.45, 2.75) is 0 Å². The van der Waals surface area contributed by atoms with Crippen LogP contribution in [0.5, 0.6) is 0 Å². The number of aromatic nitrogens is 3. The number of amides is 1. The normalized spacial score (nSPS) is 11.1. The smallest absolute Gasteiger partial charge is 0.248 e. The molecule has 6 nitrogen and oxygen atoms in total. The molecule has 0 aliphatic carbocycles. The SMILES string of the molecule is O=C(/C=C\c1ccnc2ccccc12)Nc1ccc(-c2nnco2)cc1. The fourth-order valence-electron chi connectivity index (χ4n) is 2.61. The Morgan fingerprint density at radius 3 is 2.69 bits per heavy atom. The van der Waals surface area contributed by atoms with Gasteiger partial charge in [0.25, 0.3) is 0 Å². The van der Waals surface area contributed by atoms with E-state index in [9.17, 15) is 4.79 Å². The van der Waals surface area contributed by atoms with Gasteiger partial charge in [-0.15, -0.1) is 10.2 Å². The van der Waals surface area contributed by atoms with Crippen molar-refractivity contribution in [1.82, 2.24) is 15.2 Å². The molecule has 0 spiro atoms. The number of hydrogen-bond acceptors (Lipinski definition) is 5. The fraction of sp³-hybridized carbons (Fsp3) is 0. The third kappa shape index (κ3) is 3.34. The minimum absolute atomic E-state index is 0.212. The summed E-state index contributed by atoms with van der Waals surface area (Å²) in [6.45, 7) is 0. The molecule has 0 fully saturated rings. The quantitative estimate of drug-likeness (QED) is 0.568. The average Bonchev–Trinajstić information content (AvgIpc) is 3.22. The van der Waals surface area contributed by atoms with Gasteiger partial charge in [0.2, 0.25) is 18.2 Å². The molecule has 26 heavy (non-hydrogen) atoms. The number of carbonyl (C=O) groups is 1. The van der Waals surface area contributed by atoms with Crippen LogP contribution >= 0.6 is 0 Å². The van der Waals surface area contributed by atoms with Gasteiger partial charge in [-0.25, -0.2) is 0 Å². The van der Waals surface area contributed by atoms with Crippen LogP contribution in [0.3, 0.4) is 0 Å². The van der Waals surface area contributed by atoms with Gasteiger partial charge in [0.1, 0.15) is 0 Å². The molecule has 0 atom stereocenters. The van der Waals surface area contributed by atoms with Crippen LogP contribution in [0.15, 0.2) is 77.7 Å². The van der Waals surface area contributed by atoms with E-state index < -0.39 is 0 Å². The van der Waals surface area contributed by atoms with Crippen molar-refractivity contribution in [3.63, 3.8) is 0 Å². The minimum Gasteiger partial charge on any atom is -0.423 e. The molecule has 2 aromatic heterocycles. The number of hydrogen-bond donors (Lipinski definition) is 1. The molecule has 4 aromatic rings. The standard InChI is InChI=1S/C20H14N4O2/c25-19(10-7-14-11-12-21-18-4-2-1-3-17(14)18)23-16-8-5-15(6-9-16)20-24-22-13-26-20/h1-13H,(H,23,25)/b10-7-. The van der Waals surface area contributed by atoms with Crippen molar-refractivity contribution in [3.05, 3.63) is 78.8 Å². The van der Waals surface area contributed by atoms with E-state index in [1.165, 1.54) is 12.5 Å². The van der Waals surface area contributed by atoms with Crippen LogP contribution < -0.4 is 5.32 Å². The van der Waals surface area contributed by atoms with Crippen LogP contribution in [-0.4, -0.2) is 21.1 Å². The van der Waals surface area contributed by atoms with E-state index in [4.69, 9.17) is 4.42 Å². The predicted octanol–water partition coefficient (Wildman–Crippen LogP) is 3.94. The number of pyridine rings is 1. The molecule has 0 saturated carbocycles. The summed E-state index contributed by atoms with van der Waals surface area (Å²) >= 11 is 0. The van der Waals surface area contributed by atoms with Gasteiger partial charge in [-0.05, 0) is 48.0 Å². The maximum atomic E-state index is 12.2. The summed E-state index contributed by atoms with van der Waals surface area (Å²) in [5.41, 5.74) is 3.31. The van der Waals surface area contributed by atoms with Gasteiger partial charge in [0.05, 0.1) is 5.52 Å². The Balaban J connectivity index is 1.47. The number of benzene rings is 2. The molecule has 0 aliphatic heterocycles. The van der Waals surface area contributed by atoms with Crippen molar-refractivity contribution in [2.75, 3.05) is 5.32 Å². The van der Waals surface area contributed by atoms with E-state index in [1.807, 2.05) is 42.5 Å². The van der Waals surface area contributed by atoms with Crippen LogP contribution in [0, 0.1) is 0 Å². The number of anilines is 1. The van der Waals surface area contributed by atoms with Gasteiger partial charge in [-0.1, -0.05) is 18.2 Å². The van der Waals surface area contributed by atoms with Crippen LogP contribution in [0.25, 0.3) is 28.4 Å². The highest BCUT2D eigenvalue weighted by Gasteiger charge is 2.04. The van der Waals surface area contributed by atoms with Crippen LogP contribution in [-0.2, 0) is 4.79 Å². The third-order valence-corrected chi connectivity index (χ3v) is 3.86. The first kappa shape index (κ1) is 15.7. The first-order valence-corrected chi connectivity index (χ1v) is 7.99. The summed E-state index contributed by atoms with van der Waals surface area (Å²) in [6, 6.07) is 16.9. The molecule has 0 unspecified atom stereocenters. The molecule has 1 N–H and O–H groups in total. The van der Waals surface area contributed by atoms with Crippen molar-refractivity contribution in [3.8, 4) is 11.5 Å². The van der Waals surface area contributed by atoms with Gasteiger partial charge < -0.3 is 9.73 Å². The van der Waals surface area contributed by atoms with Gasteiger partial charge in [-0.2, -0.15) is 0 Å². The predicted molar refractivity (Wildman–Crippen MR) is 99.1 cm³/mol. The molecule has 0 bridgehead atoms. The third-order valence-electron chi connectivity index (χ3n) is 3.86. The van der Waals surface area contributed by atoms with E-state index >= 15 is 0 Å². The molecule has 1 amide bonds. The Morgan fingerprint density at radius 1 is 1.04 bits per heavy atom. The molecule has 0 radical (unpaired) electrons. The van der Waals surface area contributed by atoms with Gasteiger partial charge in [0, 0.05) is 28.9 Å². The second-order valence-electron chi connectivity index (χ2n) is 5.56.